The van der Waals surface area contributed by atoms with Gasteiger partial charge in [0.05, 0.1) is 12.8 Å². The number of carbonyl (C=O) groups is 1. The van der Waals surface area contributed by atoms with Crippen LogP contribution in [0.2, 0.25) is 0 Å². The SMILES string of the molecule is COCCCN(CC(=O)Nc1ccc(C)cc1)S(C)(=O)=O. The first-order chi connectivity index (χ1) is 9.82. The first kappa shape index (κ1) is 17.6. The monoisotopic (exact) mass is 314 g/mol. The quantitative estimate of drug-likeness (QED) is 0.732. The molecule has 1 rings (SSSR count). The zero-order valence-corrected chi connectivity index (χ0v) is 13.4. The lowest BCUT2D eigenvalue weighted by Gasteiger charge is -2.19. The topological polar surface area (TPSA) is 75.7 Å². The Morgan fingerprint density at radius 3 is 2.43 bits per heavy atom. The van der Waals surface area contributed by atoms with E-state index < -0.39 is 10.0 Å². The summed E-state index contributed by atoms with van der Waals surface area (Å²) in [5.41, 5.74) is 1.74. The summed E-state index contributed by atoms with van der Waals surface area (Å²) in [6, 6.07) is 7.32. The van der Waals surface area contributed by atoms with Crippen LogP contribution in [-0.2, 0) is 19.6 Å². The average Bonchev–Trinajstić information content (AvgIpc) is 2.39. The van der Waals surface area contributed by atoms with Crippen molar-refractivity contribution in [2.24, 2.45) is 0 Å². The highest BCUT2D eigenvalue weighted by Crippen LogP contribution is 2.09. The fourth-order valence-electron chi connectivity index (χ4n) is 1.74. The van der Waals surface area contributed by atoms with Crippen LogP contribution in [-0.4, -0.2) is 51.7 Å². The van der Waals surface area contributed by atoms with Gasteiger partial charge < -0.3 is 10.1 Å². The van der Waals surface area contributed by atoms with Gasteiger partial charge in [-0.05, 0) is 25.5 Å². The van der Waals surface area contributed by atoms with Crippen molar-refractivity contribution in [3.8, 4) is 0 Å². The minimum atomic E-state index is -3.42. The molecule has 0 aliphatic carbocycles. The Morgan fingerprint density at radius 2 is 1.90 bits per heavy atom. The van der Waals surface area contributed by atoms with E-state index in [-0.39, 0.29) is 19.0 Å². The molecule has 1 amide bonds. The summed E-state index contributed by atoms with van der Waals surface area (Å²) in [6.45, 7) is 2.46. The van der Waals surface area contributed by atoms with Crippen LogP contribution in [0.25, 0.3) is 0 Å². The van der Waals surface area contributed by atoms with E-state index in [0.717, 1.165) is 16.1 Å². The molecule has 1 aromatic carbocycles. The number of aryl methyl sites for hydroxylation is 1. The third-order valence-electron chi connectivity index (χ3n) is 2.88. The highest BCUT2D eigenvalue weighted by atomic mass is 32.2. The van der Waals surface area contributed by atoms with E-state index in [1.54, 1.807) is 19.2 Å². The third kappa shape index (κ3) is 6.70. The average molecular weight is 314 g/mol. The summed E-state index contributed by atoms with van der Waals surface area (Å²) in [5.74, 6) is -0.360. The molecule has 6 nitrogen and oxygen atoms in total. The summed E-state index contributed by atoms with van der Waals surface area (Å²) >= 11 is 0. The number of hydrogen-bond acceptors (Lipinski definition) is 4. The standard InChI is InChI=1S/C14H22N2O4S/c1-12-5-7-13(8-6-12)15-14(17)11-16(21(3,18)19)9-4-10-20-2/h5-8H,4,9-11H2,1-3H3,(H,15,17). The van der Waals surface area contributed by atoms with Crippen LogP contribution in [0.15, 0.2) is 24.3 Å². The number of anilines is 1. The van der Waals surface area contributed by atoms with E-state index in [0.29, 0.717) is 18.7 Å². The maximum atomic E-state index is 11.9. The molecule has 7 heteroatoms. The highest BCUT2D eigenvalue weighted by Gasteiger charge is 2.19. The molecule has 0 unspecified atom stereocenters. The highest BCUT2D eigenvalue weighted by molar-refractivity contribution is 7.88. The number of rotatable bonds is 8. The molecule has 0 saturated heterocycles. The van der Waals surface area contributed by atoms with Crippen molar-refractivity contribution in [2.45, 2.75) is 13.3 Å². The Labute approximate surface area is 126 Å². The number of nitrogens with one attached hydrogen (secondary N) is 1. The Morgan fingerprint density at radius 1 is 1.29 bits per heavy atom. The molecule has 1 aromatic rings. The number of sulfonamides is 1. The summed E-state index contributed by atoms with van der Waals surface area (Å²) in [5, 5.41) is 2.69. The van der Waals surface area contributed by atoms with Gasteiger partial charge in [-0.15, -0.1) is 0 Å². The molecule has 0 heterocycles. The molecule has 118 valence electrons. The van der Waals surface area contributed by atoms with Gasteiger partial charge in [0.25, 0.3) is 0 Å². The van der Waals surface area contributed by atoms with Gasteiger partial charge in [-0.1, -0.05) is 17.7 Å². The molecule has 21 heavy (non-hydrogen) atoms. The molecule has 0 aromatic heterocycles. The van der Waals surface area contributed by atoms with E-state index >= 15 is 0 Å². The number of carbonyl (C=O) groups excluding carboxylic acids is 1. The number of nitrogens with zero attached hydrogens (tertiary/aromatic N) is 1. The van der Waals surface area contributed by atoms with Gasteiger partial charge in [-0.2, -0.15) is 4.31 Å². The van der Waals surface area contributed by atoms with E-state index in [4.69, 9.17) is 4.74 Å². The molecule has 0 saturated carbocycles. The van der Waals surface area contributed by atoms with Gasteiger partial charge in [0.2, 0.25) is 15.9 Å². The minimum Gasteiger partial charge on any atom is -0.385 e. The van der Waals surface area contributed by atoms with Gasteiger partial charge in [0, 0.05) is 25.9 Å². The van der Waals surface area contributed by atoms with Crippen LogP contribution in [0.4, 0.5) is 5.69 Å². The Hall–Kier alpha value is -1.44. The van der Waals surface area contributed by atoms with E-state index in [2.05, 4.69) is 5.32 Å². The van der Waals surface area contributed by atoms with Gasteiger partial charge in [-0.25, -0.2) is 8.42 Å². The van der Waals surface area contributed by atoms with Crippen molar-refractivity contribution in [2.75, 3.05) is 38.4 Å². The predicted octanol–water partition coefficient (Wildman–Crippen LogP) is 1.23. The van der Waals surface area contributed by atoms with Crippen LogP contribution in [0.5, 0.6) is 0 Å². The number of hydrogen-bond donors (Lipinski definition) is 1. The van der Waals surface area contributed by atoms with Crippen LogP contribution in [0, 0.1) is 6.92 Å². The summed E-state index contributed by atoms with van der Waals surface area (Å²) in [7, 11) is -1.87. The normalized spacial score (nSPS) is 11.6. The number of benzene rings is 1. The van der Waals surface area contributed by atoms with Crippen molar-refractivity contribution in [1.29, 1.82) is 0 Å². The molecule has 0 fully saturated rings. The van der Waals surface area contributed by atoms with Crippen LogP contribution in [0.1, 0.15) is 12.0 Å². The second-order valence-electron chi connectivity index (χ2n) is 4.86. The Bertz CT molecular complexity index is 555. The van der Waals surface area contributed by atoms with Gasteiger partial charge in [-0.3, -0.25) is 4.79 Å². The van der Waals surface area contributed by atoms with Gasteiger partial charge in [0.1, 0.15) is 0 Å². The van der Waals surface area contributed by atoms with Crippen LogP contribution < -0.4 is 5.32 Å². The maximum absolute atomic E-state index is 11.9. The lowest BCUT2D eigenvalue weighted by molar-refractivity contribution is -0.116. The Kier molecular flexibility index (Phi) is 6.80. The van der Waals surface area contributed by atoms with Crippen molar-refractivity contribution in [3.63, 3.8) is 0 Å². The molecular formula is C14H22N2O4S. The molecule has 0 aliphatic heterocycles. The second kappa shape index (κ2) is 8.11. The van der Waals surface area contributed by atoms with E-state index in [9.17, 15) is 13.2 Å². The number of ether oxygens (including phenoxy) is 1. The Balaban J connectivity index is 2.61. The van der Waals surface area contributed by atoms with Crippen molar-refractivity contribution in [3.05, 3.63) is 29.8 Å². The molecule has 0 atom stereocenters. The van der Waals surface area contributed by atoms with Gasteiger partial charge in [0.15, 0.2) is 0 Å². The second-order valence-corrected chi connectivity index (χ2v) is 6.84. The van der Waals surface area contributed by atoms with Crippen molar-refractivity contribution >= 4 is 21.6 Å². The fraction of sp³-hybridized carbons (Fsp3) is 0.500. The number of amides is 1. The molecule has 1 N–H and O–H groups in total. The zero-order chi connectivity index (χ0) is 15.9. The summed E-state index contributed by atoms with van der Waals surface area (Å²) < 4.78 is 29.4. The molecule has 0 spiro atoms. The van der Waals surface area contributed by atoms with Gasteiger partial charge >= 0.3 is 0 Å². The zero-order valence-electron chi connectivity index (χ0n) is 12.6. The lowest BCUT2D eigenvalue weighted by Crippen LogP contribution is -2.38. The number of methoxy groups -OCH3 is 1. The largest absolute Gasteiger partial charge is 0.385 e. The molecule has 0 radical (unpaired) electrons. The smallest absolute Gasteiger partial charge is 0.239 e. The summed E-state index contributed by atoms with van der Waals surface area (Å²) in [6.07, 6.45) is 1.64. The van der Waals surface area contributed by atoms with Crippen LogP contribution in [0.3, 0.4) is 0 Å². The third-order valence-corrected chi connectivity index (χ3v) is 4.13. The minimum absolute atomic E-state index is 0.198. The molecular weight excluding hydrogens is 292 g/mol. The fourth-order valence-corrected chi connectivity index (χ4v) is 2.56. The van der Waals surface area contributed by atoms with E-state index in [1.807, 2.05) is 19.1 Å². The lowest BCUT2D eigenvalue weighted by atomic mass is 10.2. The first-order valence-electron chi connectivity index (χ1n) is 6.63. The predicted molar refractivity (Wildman–Crippen MR) is 82.7 cm³/mol. The first-order valence-corrected chi connectivity index (χ1v) is 8.48. The van der Waals surface area contributed by atoms with E-state index in [1.165, 1.54) is 0 Å². The molecule has 0 aliphatic rings. The molecule has 0 bridgehead atoms. The van der Waals surface area contributed by atoms with Crippen molar-refractivity contribution in [1.82, 2.24) is 4.31 Å². The summed E-state index contributed by atoms with van der Waals surface area (Å²) in [4.78, 5) is 11.9. The van der Waals surface area contributed by atoms with Crippen molar-refractivity contribution < 1.29 is 17.9 Å². The van der Waals surface area contributed by atoms with Crippen LogP contribution >= 0.6 is 0 Å². The maximum Gasteiger partial charge on any atom is 0.239 e.